The summed E-state index contributed by atoms with van der Waals surface area (Å²) in [6, 6.07) is 5.86. The summed E-state index contributed by atoms with van der Waals surface area (Å²) in [5, 5.41) is 1.46. The van der Waals surface area contributed by atoms with Crippen LogP contribution in [0.1, 0.15) is 5.56 Å². The van der Waals surface area contributed by atoms with Crippen molar-refractivity contribution in [2.24, 2.45) is 0 Å². The minimum Gasteiger partial charge on any atom is -0.477 e. The molecule has 0 aliphatic rings. The Morgan fingerprint density at radius 3 is 2.65 bits per heavy atom. The summed E-state index contributed by atoms with van der Waals surface area (Å²) in [6.07, 6.45) is 1.66. The topological polar surface area (TPSA) is 44.2 Å². The van der Waals surface area contributed by atoms with Crippen LogP contribution in [0.15, 0.2) is 33.9 Å². The summed E-state index contributed by atoms with van der Waals surface area (Å²) in [5.74, 6) is 1.51. The lowest BCUT2D eigenvalue weighted by atomic mass is 10.2. The molecule has 0 aliphatic heterocycles. The number of benzene rings is 1. The van der Waals surface area contributed by atoms with Crippen molar-refractivity contribution in [3.63, 3.8) is 0 Å². The normalized spacial score (nSPS) is 10.4. The van der Waals surface area contributed by atoms with Crippen molar-refractivity contribution in [2.75, 3.05) is 14.2 Å². The Balaban J connectivity index is 2.08. The first kappa shape index (κ1) is 15.4. The molecule has 0 atom stereocenters. The molecule has 0 bridgehead atoms. The average molecular weight is 376 g/mol. The smallest absolute Gasteiger partial charge is 0.278 e. The van der Waals surface area contributed by atoms with Gasteiger partial charge >= 0.3 is 0 Å². The molecular formula is C13H12BrClN2O2S. The predicted molar refractivity (Wildman–Crippen MR) is 83.8 cm³/mol. The lowest BCUT2D eigenvalue weighted by Gasteiger charge is -2.07. The zero-order valence-electron chi connectivity index (χ0n) is 10.9. The average Bonchev–Trinajstić information content (AvgIpc) is 2.48. The third-order valence-corrected chi connectivity index (χ3v) is 4.65. The molecule has 0 saturated carbocycles. The van der Waals surface area contributed by atoms with Crippen molar-refractivity contribution in [3.05, 3.63) is 39.5 Å². The minimum absolute atomic E-state index is 0.378. The van der Waals surface area contributed by atoms with Crippen molar-refractivity contribution in [2.45, 2.75) is 10.8 Å². The molecule has 0 unspecified atom stereocenters. The van der Waals surface area contributed by atoms with E-state index in [0.29, 0.717) is 16.8 Å². The number of aromatic nitrogens is 2. The number of nitrogens with zero attached hydrogens (tertiary/aromatic N) is 2. The van der Waals surface area contributed by atoms with E-state index in [1.165, 1.54) is 14.2 Å². The minimum atomic E-state index is 0.378. The molecule has 106 valence electrons. The number of hydrogen-bond donors (Lipinski definition) is 0. The fourth-order valence-corrected chi connectivity index (χ4v) is 2.69. The van der Waals surface area contributed by atoms with E-state index in [1.807, 2.05) is 18.2 Å². The summed E-state index contributed by atoms with van der Waals surface area (Å²) < 4.78 is 11.1. The Morgan fingerprint density at radius 1 is 1.25 bits per heavy atom. The van der Waals surface area contributed by atoms with Gasteiger partial charge in [-0.25, -0.2) is 9.97 Å². The zero-order valence-corrected chi connectivity index (χ0v) is 14.1. The van der Waals surface area contributed by atoms with Crippen LogP contribution in [-0.4, -0.2) is 24.2 Å². The first-order valence-corrected chi connectivity index (χ1v) is 7.81. The third-order valence-electron chi connectivity index (χ3n) is 2.44. The summed E-state index contributed by atoms with van der Waals surface area (Å²) in [7, 11) is 3.07. The molecule has 2 rings (SSSR count). The standard InChI is InChI=1S/C13H12BrClN2O2S/c1-18-12-13(19-2)17-11(6-16-12)20-7-8-3-4-9(14)10(15)5-8/h3-6H,7H2,1-2H3. The molecule has 0 aliphatic carbocycles. The Bertz CT molecular complexity index is 613. The van der Waals surface area contributed by atoms with E-state index < -0.39 is 0 Å². The van der Waals surface area contributed by atoms with Gasteiger partial charge < -0.3 is 9.47 Å². The largest absolute Gasteiger partial charge is 0.477 e. The Hall–Kier alpha value is -0.980. The van der Waals surface area contributed by atoms with Gasteiger partial charge in [0.05, 0.1) is 25.4 Å². The molecule has 2 aromatic rings. The van der Waals surface area contributed by atoms with Crippen molar-refractivity contribution in [1.82, 2.24) is 9.97 Å². The quantitative estimate of drug-likeness (QED) is 0.733. The molecule has 1 heterocycles. The molecule has 7 heteroatoms. The monoisotopic (exact) mass is 374 g/mol. The maximum absolute atomic E-state index is 6.06. The van der Waals surface area contributed by atoms with Crippen LogP contribution >= 0.6 is 39.3 Å². The van der Waals surface area contributed by atoms with Gasteiger partial charge in [0, 0.05) is 10.2 Å². The van der Waals surface area contributed by atoms with Crippen LogP contribution in [0.2, 0.25) is 5.02 Å². The lowest BCUT2D eigenvalue weighted by molar-refractivity contribution is 0.328. The van der Waals surface area contributed by atoms with Gasteiger partial charge in [0.15, 0.2) is 0 Å². The summed E-state index contributed by atoms with van der Waals surface area (Å²) in [4.78, 5) is 8.48. The lowest BCUT2D eigenvalue weighted by Crippen LogP contribution is -1.97. The van der Waals surface area contributed by atoms with Crippen LogP contribution < -0.4 is 9.47 Å². The van der Waals surface area contributed by atoms with E-state index in [9.17, 15) is 0 Å². The third kappa shape index (κ3) is 3.77. The van der Waals surface area contributed by atoms with Crippen molar-refractivity contribution >= 4 is 39.3 Å². The Kier molecular flexibility index (Phi) is 5.51. The maximum atomic E-state index is 6.06. The number of rotatable bonds is 5. The fourth-order valence-electron chi connectivity index (χ4n) is 1.48. The van der Waals surface area contributed by atoms with E-state index in [-0.39, 0.29) is 0 Å². The molecule has 0 N–H and O–H groups in total. The van der Waals surface area contributed by atoms with E-state index in [1.54, 1.807) is 18.0 Å². The second-order valence-electron chi connectivity index (χ2n) is 3.76. The van der Waals surface area contributed by atoms with Gasteiger partial charge in [-0.05, 0) is 33.6 Å². The van der Waals surface area contributed by atoms with Crippen molar-refractivity contribution < 1.29 is 9.47 Å². The fraction of sp³-hybridized carbons (Fsp3) is 0.231. The van der Waals surface area contributed by atoms with E-state index in [0.717, 1.165) is 20.8 Å². The highest BCUT2D eigenvalue weighted by Crippen LogP contribution is 2.29. The number of ether oxygens (including phenoxy) is 2. The van der Waals surface area contributed by atoms with Crippen LogP contribution in [0.5, 0.6) is 11.8 Å². The van der Waals surface area contributed by atoms with Gasteiger partial charge in [0.2, 0.25) is 0 Å². The maximum Gasteiger partial charge on any atom is 0.278 e. The molecule has 1 aromatic carbocycles. The van der Waals surface area contributed by atoms with Gasteiger partial charge in [-0.3, -0.25) is 0 Å². The number of halogens is 2. The van der Waals surface area contributed by atoms with Crippen LogP contribution in [0.25, 0.3) is 0 Å². The first-order valence-electron chi connectivity index (χ1n) is 5.65. The number of thioether (sulfide) groups is 1. The summed E-state index contributed by atoms with van der Waals surface area (Å²) >= 11 is 11.0. The molecule has 0 radical (unpaired) electrons. The molecule has 1 aromatic heterocycles. The zero-order chi connectivity index (χ0) is 14.5. The molecule has 0 saturated heterocycles. The molecule has 0 amide bonds. The van der Waals surface area contributed by atoms with Gasteiger partial charge in [-0.2, -0.15) is 0 Å². The van der Waals surface area contributed by atoms with E-state index in [2.05, 4.69) is 25.9 Å². The van der Waals surface area contributed by atoms with Gasteiger partial charge in [-0.1, -0.05) is 29.4 Å². The van der Waals surface area contributed by atoms with E-state index in [4.69, 9.17) is 21.1 Å². The Labute approximate surface area is 135 Å². The molecular weight excluding hydrogens is 364 g/mol. The first-order chi connectivity index (χ1) is 9.63. The van der Waals surface area contributed by atoms with Gasteiger partial charge in [0.1, 0.15) is 5.03 Å². The number of methoxy groups -OCH3 is 2. The summed E-state index contributed by atoms with van der Waals surface area (Å²) in [5.41, 5.74) is 1.11. The van der Waals surface area contributed by atoms with Gasteiger partial charge in [-0.15, -0.1) is 0 Å². The van der Waals surface area contributed by atoms with Crippen LogP contribution in [0.4, 0.5) is 0 Å². The van der Waals surface area contributed by atoms with E-state index >= 15 is 0 Å². The number of hydrogen-bond acceptors (Lipinski definition) is 5. The second kappa shape index (κ2) is 7.15. The van der Waals surface area contributed by atoms with Gasteiger partial charge in [0.25, 0.3) is 11.8 Å². The van der Waals surface area contributed by atoms with Crippen LogP contribution in [0.3, 0.4) is 0 Å². The second-order valence-corrected chi connectivity index (χ2v) is 6.02. The predicted octanol–water partition coefficient (Wildman–Crippen LogP) is 4.20. The Morgan fingerprint density at radius 2 is 2.00 bits per heavy atom. The van der Waals surface area contributed by atoms with Crippen molar-refractivity contribution in [1.29, 1.82) is 0 Å². The highest BCUT2D eigenvalue weighted by Gasteiger charge is 2.09. The molecule has 4 nitrogen and oxygen atoms in total. The van der Waals surface area contributed by atoms with Crippen LogP contribution in [-0.2, 0) is 5.75 Å². The molecule has 0 spiro atoms. The van der Waals surface area contributed by atoms with Crippen molar-refractivity contribution in [3.8, 4) is 11.8 Å². The molecule has 20 heavy (non-hydrogen) atoms. The summed E-state index contributed by atoms with van der Waals surface area (Å²) in [6.45, 7) is 0. The van der Waals surface area contributed by atoms with Crippen LogP contribution in [0, 0.1) is 0 Å². The highest BCUT2D eigenvalue weighted by atomic mass is 79.9. The molecule has 0 fully saturated rings. The SMILES string of the molecule is COc1ncc(SCc2ccc(Br)c(Cl)c2)nc1OC. The highest BCUT2D eigenvalue weighted by molar-refractivity contribution is 9.10.